The molecule has 5 nitrogen and oxygen atoms in total. The minimum Gasteiger partial charge on any atom is -0.493 e. The number of nitrogens with zero attached hydrogens (tertiary/aromatic N) is 1. The Balaban J connectivity index is 2.32. The molecule has 0 spiro atoms. The molecule has 0 atom stereocenters. The summed E-state index contributed by atoms with van der Waals surface area (Å²) in [5.74, 6) is 0.735. The molecular formula is C16H18ClNO4S. The molecule has 1 aromatic carbocycles. The Labute approximate surface area is 144 Å². The van der Waals surface area contributed by atoms with Gasteiger partial charge in [-0.25, -0.2) is 0 Å². The van der Waals surface area contributed by atoms with Crippen molar-refractivity contribution in [1.82, 2.24) is 4.90 Å². The van der Waals surface area contributed by atoms with Crippen LogP contribution in [0.4, 0.5) is 4.79 Å². The summed E-state index contributed by atoms with van der Waals surface area (Å²) in [6, 6.07) is 3.30. The highest BCUT2D eigenvalue weighted by atomic mass is 35.5. The topological polar surface area (TPSA) is 55.8 Å². The zero-order chi connectivity index (χ0) is 17.0. The Hall–Kier alpha value is -1.66. The van der Waals surface area contributed by atoms with E-state index >= 15 is 0 Å². The maximum absolute atomic E-state index is 12.3. The lowest BCUT2D eigenvalue weighted by molar-refractivity contribution is -0.122. The van der Waals surface area contributed by atoms with E-state index in [4.69, 9.17) is 21.1 Å². The number of hydrogen-bond donors (Lipinski definition) is 0. The second kappa shape index (κ2) is 7.75. The third-order valence-corrected chi connectivity index (χ3v) is 4.63. The summed E-state index contributed by atoms with van der Waals surface area (Å²) in [7, 11) is 3.04. The number of amides is 2. The monoisotopic (exact) mass is 355 g/mol. The van der Waals surface area contributed by atoms with Crippen molar-refractivity contribution in [3.63, 3.8) is 0 Å². The predicted octanol–water partition coefficient (Wildman–Crippen LogP) is 4.19. The van der Waals surface area contributed by atoms with Crippen LogP contribution < -0.4 is 9.47 Å². The zero-order valence-electron chi connectivity index (χ0n) is 13.2. The molecule has 1 aliphatic heterocycles. The van der Waals surface area contributed by atoms with E-state index in [-0.39, 0.29) is 11.1 Å². The molecule has 0 saturated carbocycles. The fraction of sp³-hybridized carbons (Fsp3) is 0.375. The fourth-order valence-electron chi connectivity index (χ4n) is 2.13. The van der Waals surface area contributed by atoms with Crippen LogP contribution in [0.2, 0.25) is 5.02 Å². The predicted molar refractivity (Wildman–Crippen MR) is 92.1 cm³/mol. The second-order valence-corrected chi connectivity index (χ2v) is 6.32. The number of ether oxygens (including phenoxy) is 2. The molecule has 0 unspecified atom stereocenters. The average Bonchev–Trinajstić information content (AvgIpc) is 2.80. The number of benzene rings is 1. The van der Waals surface area contributed by atoms with Crippen LogP contribution >= 0.6 is 23.4 Å². The summed E-state index contributed by atoms with van der Waals surface area (Å²) in [5, 5.41) is 0.175. The van der Waals surface area contributed by atoms with E-state index in [2.05, 4.69) is 0 Å². The Bertz CT molecular complexity index is 660. The van der Waals surface area contributed by atoms with Crippen LogP contribution in [0.3, 0.4) is 0 Å². The van der Waals surface area contributed by atoms with E-state index in [0.717, 1.165) is 24.6 Å². The minimum absolute atomic E-state index is 0.244. The van der Waals surface area contributed by atoms with E-state index in [9.17, 15) is 9.59 Å². The van der Waals surface area contributed by atoms with Crippen LogP contribution in [-0.2, 0) is 4.79 Å². The summed E-state index contributed by atoms with van der Waals surface area (Å²) in [5.41, 5.74) is 0.602. The normalized spacial score (nSPS) is 16.3. The molecule has 2 rings (SSSR count). The van der Waals surface area contributed by atoms with Gasteiger partial charge in [0.05, 0.1) is 24.1 Å². The van der Waals surface area contributed by atoms with Crippen LogP contribution in [0.5, 0.6) is 11.5 Å². The number of thioether (sulfide) groups is 1. The summed E-state index contributed by atoms with van der Waals surface area (Å²) in [6.07, 6.45) is 3.33. The van der Waals surface area contributed by atoms with Gasteiger partial charge in [0.1, 0.15) is 0 Å². The van der Waals surface area contributed by atoms with Crippen LogP contribution in [0.15, 0.2) is 17.0 Å². The van der Waals surface area contributed by atoms with Crippen molar-refractivity contribution < 1.29 is 19.1 Å². The van der Waals surface area contributed by atoms with Crippen molar-refractivity contribution in [3.05, 3.63) is 27.6 Å². The standard InChI is InChI=1S/C16H18ClNO4S/c1-4-5-6-18-15(19)14(23-16(18)20)8-10-7-12(21-2)13(22-3)9-11(10)17/h7-9H,4-6H2,1-3H3. The third-order valence-electron chi connectivity index (χ3n) is 3.40. The number of unbranched alkanes of at least 4 members (excludes halogenated alkanes) is 1. The molecule has 2 amide bonds. The lowest BCUT2D eigenvalue weighted by atomic mass is 10.1. The highest BCUT2D eigenvalue weighted by Gasteiger charge is 2.34. The Morgan fingerprint density at radius 1 is 1.22 bits per heavy atom. The molecule has 0 bridgehead atoms. The van der Waals surface area contributed by atoms with Crippen LogP contribution in [0.1, 0.15) is 25.3 Å². The van der Waals surface area contributed by atoms with Gasteiger partial charge in [0.15, 0.2) is 11.5 Å². The Morgan fingerprint density at radius 3 is 2.48 bits per heavy atom. The molecule has 1 aliphatic rings. The Morgan fingerprint density at radius 2 is 1.87 bits per heavy atom. The van der Waals surface area contributed by atoms with Gasteiger partial charge in [-0.1, -0.05) is 24.9 Å². The smallest absolute Gasteiger partial charge is 0.293 e. The first-order chi connectivity index (χ1) is 11.0. The maximum atomic E-state index is 12.3. The molecule has 1 fully saturated rings. The van der Waals surface area contributed by atoms with Crippen molar-refractivity contribution >= 4 is 40.6 Å². The molecule has 0 radical (unpaired) electrons. The number of methoxy groups -OCH3 is 2. The van der Waals surface area contributed by atoms with E-state index in [1.54, 1.807) is 18.2 Å². The molecule has 124 valence electrons. The van der Waals surface area contributed by atoms with E-state index in [0.29, 0.717) is 33.5 Å². The second-order valence-electron chi connectivity index (χ2n) is 4.92. The molecule has 1 aromatic rings. The zero-order valence-corrected chi connectivity index (χ0v) is 14.8. The lowest BCUT2D eigenvalue weighted by Crippen LogP contribution is -2.29. The van der Waals surface area contributed by atoms with Gasteiger partial charge >= 0.3 is 0 Å². The molecule has 1 heterocycles. The molecule has 1 saturated heterocycles. The molecule has 0 aliphatic carbocycles. The largest absolute Gasteiger partial charge is 0.493 e. The molecule has 7 heteroatoms. The first kappa shape index (κ1) is 17.7. The average molecular weight is 356 g/mol. The van der Waals surface area contributed by atoms with E-state index < -0.39 is 0 Å². The van der Waals surface area contributed by atoms with Crippen molar-refractivity contribution in [2.24, 2.45) is 0 Å². The lowest BCUT2D eigenvalue weighted by Gasteiger charge is -2.11. The molecule has 23 heavy (non-hydrogen) atoms. The summed E-state index contributed by atoms with van der Waals surface area (Å²) >= 11 is 7.15. The van der Waals surface area contributed by atoms with Gasteiger partial charge < -0.3 is 9.47 Å². The number of rotatable bonds is 6. The van der Waals surface area contributed by atoms with Gasteiger partial charge in [-0.15, -0.1) is 0 Å². The van der Waals surface area contributed by atoms with Gasteiger partial charge in [-0.3, -0.25) is 14.5 Å². The molecule has 0 aromatic heterocycles. The van der Waals surface area contributed by atoms with Crippen molar-refractivity contribution in [2.75, 3.05) is 20.8 Å². The third kappa shape index (κ3) is 3.82. The number of carbonyl (C=O) groups is 2. The first-order valence-electron chi connectivity index (χ1n) is 7.18. The van der Waals surface area contributed by atoms with Crippen LogP contribution in [0.25, 0.3) is 6.08 Å². The van der Waals surface area contributed by atoms with Crippen LogP contribution in [0, 0.1) is 0 Å². The van der Waals surface area contributed by atoms with Crippen molar-refractivity contribution in [1.29, 1.82) is 0 Å². The van der Waals surface area contributed by atoms with Gasteiger partial charge in [0, 0.05) is 12.6 Å². The van der Waals surface area contributed by atoms with Crippen molar-refractivity contribution in [2.45, 2.75) is 19.8 Å². The highest BCUT2D eigenvalue weighted by Crippen LogP contribution is 2.37. The quantitative estimate of drug-likeness (QED) is 0.716. The summed E-state index contributed by atoms with van der Waals surface area (Å²) in [6.45, 7) is 2.45. The minimum atomic E-state index is -0.278. The number of halogens is 1. The molecule has 0 N–H and O–H groups in total. The van der Waals surface area contributed by atoms with E-state index in [1.165, 1.54) is 19.1 Å². The summed E-state index contributed by atoms with van der Waals surface area (Å²) < 4.78 is 10.4. The van der Waals surface area contributed by atoms with Gasteiger partial charge in [-0.2, -0.15) is 0 Å². The number of hydrogen-bond acceptors (Lipinski definition) is 5. The van der Waals surface area contributed by atoms with E-state index in [1.807, 2.05) is 6.92 Å². The number of carbonyl (C=O) groups excluding carboxylic acids is 2. The first-order valence-corrected chi connectivity index (χ1v) is 8.38. The summed E-state index contributed by atoms with van der Waals surface area (Å²) in [4.78, 5) is 25.9. The Kier molecular flexibility index (Phi) is 5.96. The van der Waals surface area contributed by atoms with Gasteiger partial charge in [-0.05, 0) is 35.9 Å². The SMILES string of the molecule is CCCCN1C(=O)SC(=Cc2cc(OC)c(OC)cc2Cl)C1=O. The molecular weight excluding hydrogens is 338 g/mol. The van der Waals surface area contributed by atoms with Gasteiger partial charge in [0.2, 0.25) is 0 Å². The highest BCUT2D eigenvalue weighted by molar-refractivity contribution is 8.18. The van der Waals surface area contributed by atoms with Crippen LogP contribution in [-0.4, -0.2) is 36.8 Å². The number of imide groups is 1. The van der Waals surface area contributed by atoms with Gasteiger partial charge in [0.25, 0.3) is 11.1 Å². The fourth-order valence-corrected chi connectivity index (χ4v) is 3.19. The van der Waals surface area contributed by atoms with Crippen molar-refractivity contribution in [3.8, 4) is 11.5 Å². The maximum Gasteiger partial charge on any atom is 0.293 e.